The van der Waals surface area contributed by atoms with Crippen LogP contribution in [-0.4, -0.2) is 64.1 Å². The van der Waals surface area contributed by atoms with E-state index in [1.807, 2.05) is 6.92 Å². The first kappa shape index (κ1) is 15.1. The van der Waals surface area contributed by atoms with Gasteiger partial charge in [0.25, 0.3) is 0 Å². The minimum atomic E-state index is -0.906. The first-order valence-electron chi connectivity index (χ1n) is 6.33. The maximum Gasteiger partial charge on any atom is 0.327 e. The molecular formula is C12H22N2O3S. The second-order valence-electron chi connectivity index (χ2n) is 4.84. The van der Waals surface area contributed by atoms with Crippen molar-refractivity contribution in [1.82, 2.24) is 9.80 Å². The van der Waals surface area contributed by atoms with Crippen LogP contribution in [-0.2, 0) is 4.79 Å². The summed E-state index contributed by atoms with van der Waals surface area (Å²) in [4.78, 5) is 26.8. The molecule has 1 N–H and O–H groups in total. The third-order valence-electron chi connectivity index (χ3n) is 2.90. The second-order valence-corrected chi connectivity index (χ2v) is 5.99. The number of rotatable bonds is 4. The molecule has 1 aliphatic rings. The Bertz CT molecular complexity index is 310. The summed E-state index contributed by atoms with van der Waals surface area (Å²) in [7, 11) is 0. The van der Waals surface area contributed by atoms with Crippen LogP contribution in [0.1, 0.15) is 20.8 Å². The molecule has 1 heterocycles. The zero-order chi connectivity index (χ0) is 13.7. The first-order chi connectivity index (χ1) is 8.47. The predicted molar refractivity (Wildman–Crippen MR) is 72.9 cm³/mol. The lowest BCUT2D eigenvalue weighted by atomic mass is 10.2. The highest BCUT2D eigenvalue weighted by Crippen LogP contribution is 2.18. The number of urea groups is 1. The van der Waals surface area contributed by atoms with E-state index >= 15 is 0 Å². The fourth-order valence-corrected chi connectivity index (χ4v) is 3.04. The summed E-state index contributed by atoms with van der Waals surface area (Å²) in [5, 5.41) is 9.17. The number of carbonyl (C=O) groups excluding carboxylic acids is 1. The molecule has 1 atom stereocenters. The highest BCUT2D eigenvalue weighted by molar-refractivity contribution is 7.99. The van der Waals surface area contributed by atoms with Crippen LogP contribution in [0.25, 0.3) is 0 Å². The number of aliphatic carboxylic acids is 1. The zero-order valence-electron chi connectivity index (χ0n) is 11.3. The Labute approximate surface area is 113 Å². The Hall–Kier alpha value is -0.910. The molecule has 6 heteroatoms. The average molecular weight is 274 g/mol. The molecule has 18 heavy (non-hydrogen) atoms. The summed E-state index contributed by atoms with van der Waals surface area (Å²) in [6.07, 6.45) is 0. The quantitative estimate of drug-likeness (QED) is 0.845. The molecular weight excluding hydrogens is 252 g/mol. The minimum Gasteiger partial charge on any atom is -0.480 e. The van der Waals surface area contributed by atoms with Gasteiger partial charge < -0.3 is 14.9 Å². The van der Waals surface area contributed by atoms with Gasteiger partial charge in [0.15, 0.2) is 0 Å². The van der Waals surface area contributed by atoms with Gasteiger partial charge in [0.2, 0.25) is 0 Å². The van der Waals surface area contributed by atoms with E-state index in [-0.39, 0.29) is 6.03 Å². The standard InChI is InChI=1S/C12H22N2O3S/c1-4-13(7-9(2)3)12(17)14-5-6-18-8-10(14)11(15)16/h9-10H,4-8H2,1-3H3,(H,15,16). The van der Waals surface area contributed by atoms with Crippen LogP contribution in [0.2, 0.25) is 0 Å². The lowest BCUT2D eigenvalue weighted by Crippen LogP contribution is -2.55. The van der Waals surface area contributed by atoms with Gasteiger partial charge in [0, 0.05) is 31.1 Å². The first-order valence-corrected chi connectivity index (χ1v) is 7.48. The molecule has 1 rings (SSSR count). The Morgan fingerprint density at radius 2 is 2.17 bits per heavy atom. The molecule has 104 valence electrons. The predicted octanol–water partition coefficient (Wildman–Crippen LogP) is 1.59. The van der Waals surface area contributed by atoms with Crippen LogP contribution >= 0.6 is 11.8 Å². The lowest BCUT2D eigenvalue weighted by Gasteiger charge is -2.37. The van der Waals surface area contributed by atoms with Gasteiger partial charge in [-0.05, 0) is 12.8 Å². The molecule has 1 unspecified atom stereocenters. The van der Waals surface area contributed by atoms with Crippen LogP contribution in [0.3, 0.4) is 0 Å². The third kappa shape index (κ3) is 3.80. The van der Waals surface area contributed by atoms with Crippen molar-refractivity contribution >= 4 is 23.8 Å². The van der Waals surface area contributed by atoms with Crippen LogP contribution in [0.4, 0.5) is 4.79 Å². The van der Waals surface area contributed by atoms with Gasteiger partial charge in [-0.25, -0.2) is 9.59 Å². The summed E-state index contributed by atoms with van der Waals surface area (Å²) in [5.74, 6) is 0.780. The van der Waals surface area contributed by atoms with E-state index in [9.17, 15) is 9.59 Å². The highest BCUT2D eigenvalue weighted by Gasteiger charge is 2.34. The summed E-state index contributed by atoms with van der Waals surface area (Å²) in [5.41, 5.74) is 0. The molecule has 0 saturated carbocycles. The largest absolute Gasteiger partial charge is 0.480 e. The fourth-order valence-electron chi connectivity index (χ4n) is 2.00. The van der Waals surface area contributed by atoms with Gasteiger partial charge in [-0.2, -0.15) is 11.8 Å². The topological polar surface area (TPSA) is 60.9 Å². The van der Waals surface area contributed by atoms with Gasteiger partial charge in [0.1, 0.15) is 6.04 Å². The van der Waals surface area contributed by atoms with E-state index in [1.54, 1.807) is 16.7 Å². The van der Waals surface area contributed by atoms with Crippen LogP contribution in [0, 0.1) is 5.92 Å². The number of carboxylic acids is 1. The van der Waals surface area contributed by atoms with E-state index in [2.05, 4.69) is 13.8 Å². The fraction of sp³-hybridized carbons (Fsp3) is 0.833. The Kier molecular flexibility index (Phi) is 5.78. The molecule has 0 aromatic rings. The van der Waals surface area contributed by atoms with Gasteiger partial charge in [-0.1, -0.05) is 13.8 Å². The van der Waals surface area contributed by atoms with Crippen molar-refractivity contribution in [3.05, 3.63) is 0 Å². The number of hydrogen-bond donors (Lipinski definition) is 1. The molecule has 2 amide bonds. The maximum atomic E-state index is 12.4. The number of hydrogen-bond acceptors (Lipinski definition) is 3. The van der Waals surface area contributed by atoms with Crippen molar-refractivity contribution in [1.29, 1.82) is 0 Å². The number of thioether (sulfide) groups is 1. The Balaban J connectivity index is 2.75. The maximum absolute atomic E-state index is 12.4. The number of carboxylic acid groups (broad SMARTS) is 1. The summed E-state index contributed by atoms with van der Waals surface area (Å²) in [6, 6.07) is -0.823. The molecule has 0 aromatic carbocycles. The van der Waals surface area contributed by atoms with E-state index in [0.29, 0.717) is 31.3 Å². The average Bonchev–Trinajstić information content (AvgIpc) is 2.34. The molecule has 1 fully saturated rings. The summed E-state index contributed by atoms with van der Waals surface area (Å²) >= 11 is 1.59. The van der Waals surface area contributed by atoms with E-state index in [4.69, 9.17) is 5.11 Å². The molecule has 0 aliphatic carbocycles. The minimum absolute atomic E-state index is 0.140. The molecule has 5 nitrogen and oxygen atoms in total. The van der Waals surface area contributed by atoms with Crippen molar-refractivity contribution in [2.75, 3.05) is 31.1 Å². The molecule has 1 saturated heterocycles. The lowest BCUT2D eigenvalue weighted by molar-refractivity contribution is -0.141. The van der Waals surface area contributed by atoms with E-state index in [1.165, 1.54) is 4.90 Å². The zero-order valence-corrected chi connectivity index (χ0v) is 12.1. The Morgan fingerprint density at radius 3 is 2.67 bits per heavy atom. The van der Waals surface area contributed by atoms with Gasteiger partial charge >= 0.3 is 12.0 Å². The molecule has 0 spiro atoms. The van der Waals surface area contributed by atoms with Crippen molar-refractivity contribution in [3.63, 3.8) is 0 Å². The number of carbonyl (C=O) groups is 2. The Morgan fingerprint density at radius 1 is 1.50 bits per heavy atom. The SMILES string of the molecule is CCN(CC(C)C)C(=O)N1CCSCC1C(=O)O. The van der Waals surface area contributed by atoms with Crippen molar-refractivity contribution in [3.8, 4) is 0 Å². The van der Waals surface area contributed by atoms with Crippen molar-refractivity contribution in [2.45, 2.75) is 26.8 Å². The van der Waals surface area contributed by atoms with Crippen LogP contribution in [0.15, 0.2) is 0 Å². The van der Waals surface area contributed by atoms with Gasteiger partial charge in [0.05, 0.1) is 0 Å². The van der Waals surface area contributed by atoms with Crippen molar-refractivity contribution < 1.29 is 14.7 Å². The van der Waals surface area contributed by atoms with Gasteiger partial charge in [-0.3, -0.25) is 0 Å². The normalized spacial score (nSPS) is 20.0. The molecule has 0 bridgehead atoms. The molecule has 1 aliphatic heterocycles. The molecule has 0 radical (unpaired) electrons. The number of amides is 2. The van der Waals surface area contributed by atoms with E-state index < -0.39 is 12.0 Å². The van der Waals surface area contributed by atoms with Crippen molar-refractivity contribution in [2.24, 2.45) is 5.92 Å². The number of nitrogens with zero attached hydrogens (tertiary/aromatic N) is 2. The van der Waals surface area contributed by atoms with E-state index in [0.717, 1.165) is 5.75 Å². The monoisotopic (exact) mass is 274 g/mol. The second kappa shape index (κ2) is 6.87. The van der Waals surface area contributed by atoms with Crippen LogP contribution in [0.5, 0.6) is 0 Å². The third-order valence-corrected chi connectivity index (χ3v) is 3.92. The van der Waals surface area contributed by atoms with Crippen LogP contribution < -0.4 is 0 Å². The van der Waals surface area contributed by atoms with Gasteiger partial charge in [-0.15, -0.1) is 0 Å². The smallest absolute Gasteiger partial charge is 0.327 e. The molecule has 0 aromatic heterocycles. The summed E-state index contributed by atoms with van der Waals surface area (Å²) in [6.45, 7) is 7.84. The summed E-state index contributed by atoms with van der Waals surface area (Å²) < 4.78 is 0. The highest BCUT2D eigenvalue weighted by atomic mass is 32.2.